The predicted octanol–water partition coefficient (Wildman–Crippen LogP) is 3.55. The summed E-state index contributed by atoms with van der Waals surface area (Å²) in [6.07, 6.45) is 3.34. The predicted molar refractivity (Wildman–Crippen MR) is 79.2 cm³/mol. The Morgan fingerprint density at radius 3 is 1.71 bits per heavy atom. The van der Waals surface area contributed by atoms with Crippen LogP contribution in [0.2, 0.25) is 0 Å². The van der Waals surface area contributed by atoms with Crippen LogP contribution in [0.15, 0.2) is 12.2 Å². The maximum absolute atomic E-state index is 12.6. The SMILES string of the molecule is CC1CCN(C/C=C/CN2CCC(C(F)(F)F)CC2)CC1. The molecule has 0 atom stereocenters. The van der Waals surface area contributed by atoms with Gasteiger partial charge in [-0.05, 0) is 57.8 Å². The Morgan fingerprint density at radius 1 is 0.857 bits per heavy atom. The highest BCUT2D eigenvalue weighted by Crippen LogP contribution is 2.33. The fraction of sp³-hybridized carbons (Fsp3) is 0.875. The Morgan fingerprint density at radius 2 is 1.29 bits per heavy atom. The molecule has 2 nitrogen and oxygen atoms in total. The molecule has 2 aliphatic rings. The van der Waals surface area contributed by atoms with Gasteiger partial charge in [-0.1, -0.05) is 19.1 Å². The number of piperidine rings is 2. The van der Waals surface area contributed by atoms with Crippen molar-refractivity contribution in [3.8, 4) is 0 Å². The van der Waals surface area contributed by atoms with Gasteiger partial charge in [-0.15, -0.1) is 0 Å². The normalized spacial score (nSPS) is 25.0. The summed E-state index contributed by atoms with van der Waals surface area (Å²) in [5.74, 6) is -0.242. The van der Waals surface area contributed by atoms with Crippen LogP contribution in [0.25, 0.3) is 0 Å². The smallest absolute Gasteiger partial charge is 0.300 e. The maximum Gasteiger partial charge on any atom is 0.391 e. The molecule has 0 aromatic rings. The average molecular weight is 304 g/mol. The molecule has 0 amide bonds. The van der Waals surface area contributed by atoms with E-state index in [9.17, 15) is 13.2 Å². The summed E-state index contributed by atoms with van der Waals surface area (Å²) in [4.78, 5) is 4.57. The molecule has 2 fully saturated rings. The first-order valence-corrected chi connectivity index (χ1v) is 8.11. The van der Waals surface area contributed by atoms with Crippen molar-refractivity contribution >= 4 is 0 Å². The molecule has 0 radical (unpaired) electrons. The van der Waals surface area contributed by atoms with Crippen LogP contribution in [-0.2, 0) is 0 Å². The van der Waals surface area contributed by atoms with Gasteiger partial charge in [0.05, 0.1) is 5.92 Å². The zero-order chi connectivity index (χ0) is 15.3. The van der Waals surface area contributed by atoms with Gasteiger partial charge in [0.2, 0.25) is 0 Å². The van der Waals surface area contributed by atoms with Gasteiger partial charge < -0.3 is 0 Å². The van der Waals surface area contributed by atoms with Gasteiger partial charge in [-0.3, -0.25) is 9.80 Å². The highest BCUT2D eigenvalue weighted by Gasteiger charge is 2.40. The Kier molecular flexibility index (Phi) is 6.11. The molecule has 122 valence electrons. The number of likely N-dealkylation sites (tertiary alicyclic amines) is 2. The van der Waals surface area contributed by atoms with Crippen molar-refractivity contribution in [2.75, 3.05) is 39.3 Å². The zero-order valence-electron chi connectivity index (χ0n) is 12.9. The molecule has 2 saturated heterocycles. The van der Waals surface area contributed by atoms with Crippen LogP contribution in [0, 0.1) is 11.8 Å². The van der Waals surface area contributed by atoms with Gasteiger partial charge in [-0.2, -0.15) is 13.2 Å². The minimum Gasteiger partial charge on any atom is -0.300 e. The van der Waals surface area contributed by atoms with Crippen LogP contribution in [0.3, 0.4) is 0 Å². The Balaban J connectivity index is 1.60. The van der Waals surface area contributed by atoms with Crippen LogP contribution in [-0.4, -0.2) is 55.2 Å². The first-order valence-electron chi connectivity index (χ1n) is 8.11. The van der Waals surface area contributed by atoms with Gasteiger partial charge in [0, 0.05) is 13.1 Å². The third-order valence-electron chi connectivity index (χ3n) is 4.82. The van der Waals surface area contributed by atoms with E-state index in [1.807, 2.05) is 0 Å². The van der Waals surface area contributed by atoms with E-state index in [2.05, 4.69) is 28.9 Å². The number of halogens is 3. The van der Waals surface area contributed by atoms with Gasteiger partial charge in [0.1, 0.15) is 0 Å². The Bertz CT molecular complexity index is 325. The van der Waals surface area contributed by atoms with E-state index in [4.69, 9.17) is 0 Å². The maximum atomic E-state index is 12.6. The molecule has 2 rings (SSSR count). The molecule has 2 heterocycles. The second-order valence-corrected chi connectivity index (χ2v) is 6.57. The van der Waals surface area contributed by atoms with Crippen molar-refractivity contribution in [2.45, 2.75) is 38.8 Å². The molecule has 0 aromatic heterocycles. The summed E-state index contributed by atoms with van der Waals surface area (Å²) in [5.41, 5.74) is 0. The minimum absolute atomic E-state index is 0.251. The Hall–Kier alpha value is -0.550. The summed E-state index contributed by atoms with van der Waals surface area (Å²) in [6, 6.07) is 0. The zero-order valence-corrected chi connectivity index (χ0v) is 12.9. The van der Waals surface area contributed by atoms with Crippen molar-refractivity contribution in [1.82, 2.24) is 9.80 Å². The molecular formula is C16H27F3N2. The van der Waals surface area contributed by atoms with Crippen molar-refractivity contribution in [2.24, 2.45) is 11.8 Å². The largest absolute Gasteiger partial charge is 0.391 e. The fourth-order valence-electron chi connectivity index (χ4n) is 3.13. The van der Waals surface area contributed by atoms with Crippen molar-refractivity contribution < 1.29 is 13.2 Å². The monoisotopic (exact) mass is 304 g/mol. The topological polar surface area (TPSA) is 6.48 Å². The van der Waals surface area contributed by atoms with Crippen LogP contribution in [0.1, 0.15) is 32.6 Å². The van der Waals surface area contributed by atoms with Gasteiger partial charge in [0.25, 0.3) is 0 Å². The lowest BCUT2D eigenvalue weighted by atomic mass is 9.96. The van der Waals surface area contributed by atoms with Crippen LogP contribution in [0.5, 0.6) is 0 Å². The van der Waals surface area contributed by atoms with Crippen molar-refractivity contribution in [3.63, 3.8) is 0 Å². The molecule has 0 unspecified atom stereocenters. The van der Waals surface area contributed by atoms with Crippen LogP contribution < -0.4 is 0 Å². The molecule has 0 aromatic carbocycles. The van der Waals surface area contributed by atoms with E-state index in [1.165, 1.54) is 25.9 Å². The molecule has 0 aliphatic carbocycles. The number of nitrogens with zero attached hydrogens (tertiary/aromatic N) is 2. The third-order valence-corrected chi connectivity index (χ3v) is 4.82. The van der Waals surface area contributed by atoms with Gasteiger partial charge in [-0.25, -0.2) is 0 Å². The lowest BCUT2D eigenvalue weighted by Crippen LogP contribution is -2.39. The van der Waals surface area contributed by atoms with Crippen LogP contribution in [0.4, 0.5) is 13.2 Å². The lowest BCUT2D eigenvalue weighted by Gasteiger charge is -2.32. The summed E-state index contributed by atoms with van der Waals surface area (Å²) in [6.45, 7) is 7.54. The number of hydrogen-bond donors (Lipinski definition) is 0. The van der Waals surface area contributed by atoms with E-state index < -0.39 is 12.1 Å². The molecular weight excluding hydrogens is 277 g/mol. The molecule has 0 saturated carbocycles. The van der Waals surface area contributed by atoms with Crippen LogP contribution >= 0.6 is 0 Å². The van der Waals surface area contributed by atoms with E-state index in [-0.39, 0.29) is 12.8 Å². The molecule has 0 N–H and O–H groups in total. The first kappa shape index (κ1) is 16.8. The summed E-state index contributed by atoms with van der Waals surface area (Å²) >= 11 is 0. The highest BCUT2D eigenvalue weighted by molar-refractivity contribution is 4.90. The van der Waals surface area contributed by atoms with Crippen molar-refractivity contribution in [1.29, 1.82) is 0 Å². The highest BCUT2D eigenvalue weighted by atomic mass is 19.4. The second kappa shape index (κ2) is 7.63. The van der Waals surface area contributed by atoms with Crippen molar-refractivity contribution in [3.05, 3.63) is 12.2 Å². The Labute approximate surface area is 126 Å². The number of hydrogen-bond acceptors (Lipinski definition) is 2. The summed E-state index contributed by atoms with van der Waals surface area (Å²) in [5, 5.41) is 0. The van der Waals surface area contributed by atoms with E-state index in [0.717, 1.165) is 19.0 Å². The van der Waals surface area contributed by atoms with E-state index in [0.29, 0.717) is 13.1 Å². The van der Waals surface area contributed by atoms with Gasteiger partial charge >= 0.3 is 6.18 Å². The molecule has 0 bridgehead atoms. The second-order valence-electron chi connectivity index (χ2n) is 6.57. The molecule has 2 aliphatic heterocycles. The molecule has 21 heavy (non-hydrogen) atoms. The average Bonchev–Trinajstić information content (AvgIpc) is 2.45. The molecule has 5 heteroatoms. The fourth-order valence-corrected chi connectivity index (χ4v) is 3.13. The quantitative estimate of drug-likeness (QED) is 0.733. The number of alkyl halides is 3. The lowest BCUT2D eigenvalue weighted by molar-refractivity contribution is -0.184. The van der Waals surface area contributed by atoms with Gasteiger partial charge in [0.15, 0.2) is 0 Å². The molecule has 0 spiro atoms. The minimum atomic E-state index is -4.01. The standard InChI is InChI=1S/C16H27F3N2/c1-14-4-10-20(11-5-14)8-2-3-9-21-12-6-15(7-13-21)16(17,18)19/h2-3,14-15H,4-13H2,1H3/b3-2+. The van der Waals surface area contributed by atoms with E-state index >= 15 is 0 Å². The summed E-state index contributed by atoms with van der Waals surface area (Å²) in [7, 11) is 0. The summed E-state index contributed by atoms with van der Waals surface area (Å²) < 4.78 is 37.7. The van der Waals surface area contributed by atoms with E-state index in [1.54, 1.807) is 0 Å². The number of rotatable bonds is 4. The first-order chi connectivity index (χ1) is 9.95. The third kappa shape index (κ3) is 5.62.